The molecule has 0 radical (unpaired) electrons. The van der Waals surface area contributed by atoms with Crippen molar-refractivity contribution in [3.8, 4) is 22.6 Å². The van der Waals surface area contributed by atoms with E-state index in [4.69, 9.17) is 9.47 Å². The molecule has 0 aliphatic carbocycles. The van der Waals surface area contributed by atoms with Crippen LogP contribution in [0, 0.1) is 0 Å². The first-order valence-electron chi connectivity index (χ1n) is 9.24. The predicted molar refractivity (Wildman–Crippen MR) is 113 cm³/mol. The lowest BCUT2D eigenvalue weighted by atomic mass is 9.98. The molecule has 28 heavy (non-hydrogen) atoms. The summed E-state index contributed by atoms with van der Waals surface area (Å²) >= 11 is 0. The highest BCUT2D eigenvalue weighted by Gasteiger charge is 2.25. The van der Waals surface area contributed by atoms with Gasteiger partial charge in [-0.05, 0) is 36.8 Å². The Kier molecular flexibility index (Phi) is 4.85. The average molecular weight is 371 g/mol. The Morgan fingerprint density at radius 3 is 2.46 bits per heavy atom. The Balaban J connectivity index is 1.76. The van der Waals surface area contributed by atoms with Crippen molar-refractivity contribution in [3.05, 3.63) is 77.9 Å². The van der Waals surface area contributed by atoms with Gasteiger partial charge in [-0.1, -0.05) is 48.5 Å². The molecule has 4 nitrogen and oxygen atoms in total. The number of rotatable bonds is 5. The molecule has 1 aliphatic rings. The van der Waals surface area contributed by atoms with Crippen molar-refractivity contribution in [3.63, 3.8) is 0 Å². The van der Waals surface area contributed by atoms with E-state index in [0.717, 1.165) is 39.4 Å². The minimum absolute atomic E-state index is 0.113. The van der Waals surface area contributed by atoms with Crippen LogP contribution < -0.4 is 14.8 Å². The van der Waals surface area contributed by atoms with Gasteiger partial charge in [0.05, 0.1) is 13.7 Å². The molecular formula is C24H21NO3. The molecule has 0 spiro atoms. The Hall–Kier alpha value is -3.53. The zero-order valence-corrected chi connectivity index (χ0v) is 15.9. The second-order valence-electron chi connectivity index (χ2n) is 6.44. The fourth-order valence-corrected chi connectivity index (χ4v) is 3.43. The van der Waals surface area contributed by atoms with Gasteiger partial charge >= 0.3 is 0 Å². The monoisotopic (exact) mass is 371 g/mol. The van der Waals surface area contributed by atoms with Gasteiger partial charge in [0.25, 0.3) is 5.91 Å². The molecule has 4 rings (SSSR count). The third-order valence-corrected chi connectivity index (χ3v) is 4.74. The molecule has 0 fully saturated rings. The molecule has 1 heterocycles. The Labute approximate surface area is 164 Å². The van der Waals surface area contributed by atoms with Crippen LogP contribution in [-0.2, 0) is 4.79 Å². The van der Waals surface area contributed by atoms with Crippen LogP contribution in [0.15, 0.2) is 66.7 Å². The molecule has 4 heteroatoms. The number of benzene rings is 3. The van der Waals surface area contributed by atoms with Crippen LogP contribution in [0.5, 0.6) is 11.5 Å². The zero-order chi connectivity index (χ0) is 19.5. The molecule has 1 amide bonds. The number of methoxy groups -OCH3 is 1. The Morgan fingerprint density at radius 1 is 0.929 bits per heavy atom. The van der Waals surface area contributed by atoms with E-state index in [1.54, 1.807) is 7.11 Å². The summed E-state index contributed by atoms with van der Waals surface area (Å²) < 4.78 is 11.1. The number of ether oxygens (including phenoxy) is 2. The van der Waals surface area contributed by atoms with Crippen LogP contribution in [0.25, 0.3) is 22.8 Å². The predicted octanol–water partition coefficient (Wildman–Crippen LogP) is 5.25. The third kappa shape index (κ3) is 3.25. The minimum Gasteiger partial charge on any atom is -0.496 e. The quantitative estimate of drug-likeness (QED) is 0.623. The summed E-state index contributed by atoms with van der Waals surface area (Å²) in [7, 11) is 1.66. The summed E-state index contributed by atoms with van der Waals surface area (Å²) in [5, 5.41) is 2.98. The van der Waals surface area contributed by atoms with E-state index < -0.39 is 0 Å². The van der Waals surface area contributed by atoms with Gasteiger partial charge in [-0.25, -0.2) is 0 Å². The Bertz CT molecular complexity index is 1070. The van der Waals surface area contributed by atoms with E-state index in [-0.39, 0.29) is 5.91 Å². The van der Waals surface area contributed by atoms with E-state index in [0.29, 0.717) is 12.2 Å². The van der Waals surface area contributed by atoms with Crippen LogP contribution in [0.2, 0.25) is 0 Å². The first kappa shape index (κ1) is 17.9. The number of carbonyl (C=O) groups is 1. The topological polar surface area (TPSA) is 47.6 Å². The summed E-state index contributed by atoms with van der Waals surface area (Å²) in [5.74, 6) is 1.45. The van der Waals surface area contributed by atoms with Crippen LogP contribution in [0.4, 0.5) is 5.69 Å². The molecule has 0 aromatic heterocycles. The molecule has 0 saturated heterocycles. The maximum Gasteiger partial charge on any atom is 0.256 e. The van der Waals surface area contributed by atoms with Crippen molar-refractivity contribution < 1.29 is 14.3 Å². The Morgan fingerprint density at radius 2 is 1.68 bits per heavy atom. The lowest BCUT2D eigenvalue weighted by Crippen LogP contribution is -2.03. The first-order valence-corrected chi connectivity index (χ1v) is 9.24. The van der Waals surface area contributed by atoms with Gasteiger partial charge in [-0.15, -0.1) is 0 Å². The second-order valence-corrected chi connectivity index (χ2v) is 6.44. The molecule has 140 valence electrons. The highest BCUT2D eigenvalue weighted by Crippen LogP contribution is 2.39. The largest absolute Gasteiger partial charge is 0.496 e. The normalized spacial score (nSPS) is 13.9. The maximum atomic E-state index is 12.6. The molecule has 1 N–H and O–H groups in total. The van der Waals surface area contributed by atoms with E-state index in [9.17, 15) is 4.79 Å². The van der Waals surface area contributed by atoms with Gasteiger partial charge in [0, 0.05) is 28.0 Å². The van der Waals surface area contributed by atoms with Crippen LogP contribution in [0.1, 0.15) is 18.1 Å². The van der Waals surface area contributed by atoms with Crippen molar-refractivity contribution in [2.24, 2.45) is 0 Å². The van der Waals surface area contributed by atoms with E-state index in [1.807, 2.05) is 79.7 Å². The summed E-state index contributed by atoms with van der Waals surface area (Å²) in [6, 6.07) is 21.5. The first-order chi connectivity index (χ1) is 13.7. The van der Waals surface area contributed by atoms with Crippen LogP contribution in [0.3, 0.4) is 0 Å². The van der Waals surface area contributed by atoms with Crippen molar-refractivity contribution in [1.82, 2.24) is 0 Å². The maximum absolute atomic E-state index is 12.6. The van der Waals surface area contributed by atoms with Gasteiger partial charge in [0.2, 0.25) is 0 Å². The lowest BCUT2D eigenvalue weighted by molar-refractivity contribution is -0.110. The second kappa shape index (κ2) is 7.61. The van der Waals surface area contributed by atoms with Crippen molar-refractivity contribution in [2.75, 3.05) is 19.0 Å². The molecule has 1 aliphatic heterocycles. The zero-order valence-electron chi connectivity index (χ0n) is 15.9. The van der Waals surface area contributed by atoms with Crippen molar-refractivity contribution in [2.45, 2.75) is 6.92 Å². The summed E-state index contributed by atoms with van der Waals surface area (Å²) in [6.45, 7) is 2.52. The van der Waals surface area contributed by atoms with Gasteiger partial charge < -0.3 is 14.8 Å². The molecular weight excluding hydrogens is 350 g/mol. The minimum atomic E-state index is -0.113. The SMILES string of the molecule is CCOc1ccccc1C=C1C(=O)Nc2cc(-c3ccccc3OC)ccc21. The molecule has 3 aromatic rings. The fourth-order valence-electron chi connectivity index (χ4n) is 3.43. The molecule has 0 saturated carbocycles. The van der Waals surface area contributed by atoms with Crippen molar-refractivity contribution in [1.29, 1.82) is 0 Å². The van der Waals surface area contributed by atoms with E-state index in [1.165, 1.54) is 0 Å². The van der Waals surface area contributed by atoms with Gasteiger partial charge in [-0.3, -0.25) is 4.79 Å². The molecule has 3 aromatic carbocycles. The molecule has 0 atom stereocenters. The number of hydrogen-bond acceptors (Lipinski definition) is 3. The number of nitrogens with one attached hydrogen (secondary N) is 1. The van der Waals surface area contributed by atoms with Gasteiger partial charge in [-0.2, -0.15) is 0 Å². The molecule has 0 unspecified atom stereocenters. The average Bonchev–Trinajstić information content (AvgIpc) is 3.04. The van der Waals surface area contributed by atoms with Crippen molar-refractivity contribution >= 4 is 23.2 Å². The summed E-state index contributed by atoms with van der Waals surface area (Å²) in [5.41, 5.74) is 5.18. The van der Waals surface area contributed by atoms with E-state index >= 15 is 0 Å². The third-order valence-electron chi connectivity index (χ3n) is 4.74. The number of carbonyl (C=O) groups excluding carboxylic acids is 1. The number of para-hydroxylation sites is 2. The fraction of sp³-hybridized carbons (Fsp3) is 0.125. The number of fused-ring (bicyclic) bond motifs is 1. The van der Waals surface area contributed by atoms with Crippen LogP contribution >= 0.6 is 0 Å². The van der Waals surface area contributed by atoms with Gasteiger partial charge in [0.1, 0.15) is 11.5 Å². The van der Waals surface area contributed by atoms with Gasteiger partial charge in [0.15, 0.2) is 0 Å². The lowest BCUT2D eigenvalue weighted by Gasteiger charge is -2.10. The summed E-state index contributed by atoms with van der Waals surface area (Å²) in [6.07, 6.45) is 1.88. The molecule has 0 bridgehead atoms. The number of hydrogen-bond donors (Lipinski definition) is 1. The van der Waals surface area contributed by atoms with Crippen LogP contribution in [-0.4, -0.2) is 19.6 Å². The highest BCUT2D eigenvalue weighted by atomic mass is 16.5. The van der Waals surface area contributed by atoms with E-state index in [2.05, 4.69) is 5.32 Å². The highest BCUT2D eigenvalue weighted by molar-refractivity contribution is 6.35. The standard InChI is InChI=1S/C24H21NO3/c1-3-28-22-10-6-4-8-17(22)14-20-19-13-12-16(15-21(19)25-24(20)26)18-9-5-7-11-23(18)27-2/h4-15H,3H2,1-2H3,(H,25,26). The smallest absolute Gasteiger partial charge is 0.256 e. The number of amides is 1. The number of anilines is 1. The summed E-state index contributed by atoms with van der Waals surface area (Å²) in [4.78, 5) is 12.6.